The Kier molecular flexibility index (Phi) is 9.48. The van der Waals surface area contributed by atoms with E-state index in [1.54, 1.807) is 0 Å². The average Bonchev–Trinajstić information content (AvgIpc) is 2.67. The van der Waals surface area contributed by atoms with Crippen LogP contribution in [0.4, 0.5) is 0 Å². The van der Waals surface area contributed by atoms with Gasteiger partial charge in [0.1, 0.15) is 0 Å². The molecule has 2 rings (SSSR count). The molecule has 1 heteroatoms. The van der Waals surface area contributed by atoms with Crippen molar-refractivity contribution in [3.8, 4) is 0 Å². The first-order valence-corrected chi connectivity index (χ1v) is 3.33. The van der Waals surface area contributed by atoms with Crippen LogP contribution >= 0.6 is 0 Å². The molecule has 2 aliphatic carbocycles. The second-order valence-corrected chi connectivity index (χ2v) is 1.92. The van der Waals surface area contributed by atoms with Gasteiger partial charge in [0.2, 0.25) is 0 Å². The van der Waals surface area contributed by atoms with Gasteiger partial charge in [-0.1, -0.05) is 0 Å². The first kappa shape index (κ1) is 11.8. The van der Waals surface area contributed by atoms with Gasteiger partial charge in [0, 0.05) is 0 Å². The Morgan fingerprint density at radius 1 is 0.273 bits per heavy atom. The molecule has 2 fully saturated rings. The monoisotopic (exact) mass is 154 g/mol. The minimum atomic E-state index is 0. The van der Waals surface area contributed by atoms with Crippen molar-refractivity contribution in [2.45, 2.75) is 0 Å². The van der Waals surface area contributed by atoms with Crippen molar-refractivity contribution in [1.29, 1.82) is 0 Å². The molecule has 10 radical (unpaired) electrons. The molecule has 0 aromatic rings. The SMILES string of the molecule is [CH]1[CH][CH][CH][CH]1.[CH]1[CH][CH][CH][CH]1.[Mg+2]. The Hall–Kier alpha value is 0.766. The molecule has 0 aromatic heterocycles. The second-order valence-electron chi connectivity index (χ2n) is 1.92. The minimum Gasteiger partial charge on any atom is -0.0312 e. The summed E-state index contributed by atoms with van der Waals surface area (Å²) in [7, 11) is 0. The van der Waals surface area contributed by atoms with Crippen molar-refractivity contribution in [3.63, 3.8) is 0 Å². The van der Waals surface area contributed by atoms with E-state index < -0.39 is 0 Å². The first-order chi connectivity index (χ1) is 5.00. The third kappa shape index (κ3) is 7.14. The van der Waals surface area contributed by atoms with Crippen molar-refractivity contribution in [3.05, 3.63) is 64.2 Å². The van der Waals surface area contributed by atoms with Crippen LogP contribution in [0.15, 0.2) is 0 Å². The zero-order valence-electron chi connectivity index (χ0n) is 6.48. The van der Waals surface area contributed by atoms with Crippen LogP contribution < -0.4 is 0 Å². The van der Waals surface area contributed by atoms with Crippen molar-refractivity contribution < 1.29 is 0 Å². The van der Waals surface area contributed by atoms with Gasteiger partial charge in [-0.05, 0) is 64.2 Å². The van der Waals surface area contributed by atoms with E-state index in [-0.39, 0.29) is 23.1 Å². The normalized spacial score (nSPS) is 21.8. The minimum absolute atomic E-state index is 0. The molecule has 0 saturated heterocycles. The summed E-state index contributed by atoms with van der Waals surface area (Å²) in [6, 6.07) is 0. The fourth-order valence-corrected chi connectivity index (χ4v) is 0.642. The van der Waals surface area contributed by atoms with E-state index in [1.807, 2.05) is 64.2 Å². The number of hydrogen-bond donors (Lipinski definition) is 0. The molecule has 2 saturated carbocycles. The summed E-state index contributed by atoms with van der Waals surface area (Å²) in [5.74, 6) is 0. The molecular weight excluding hydrogens is 144 g/mol. The van der Waals surface area contributed by atoms with Crippen molar-refractivity contribution in [1.82, 2.24) is 0 Å². The maximum Gasteiger partial charge on any atom is 2.00 e. The van der Waals surface area contributed by atoms with Gasteiger partial charge in [0.05, 0.1) is 0 Å². The molecule has 0 heterocycles. The molecule has 2 aliphatic rings. The van der Waals surface area contributed by atoms with Crippen LogP contribution in [0, 0.1) is 64.2 Å². The van der Waals surface area contributed by atoms with Gasteiger partial charge in [-0.2, -0.15) is 0 Å². The van der Waals surface area contributed by atoms with E-state index in [4.69, 9.17) is 0 Å². The van der Waals surface area contributed by atoms with E-state index in [1.165, 1.54) is 0 Å². The topological polar surface area (TPSA) is 0 Å². The average molecular weight is 154 g/mol. The van der Waals surface area contributed by atoms with E-state index in [0.717, 1.165) is 0 Å². The van der Waals surface area contributed by atoms with Gasteiger partial charge in [-0.25, -0.2) is 0 Å². The summed E-state index contributed by atoms with van der Waals surface area (Å²) >= 11 is 0. The van der Waals surface area contributed by atoms with Gasteiger partial charge in [-0.3, -0.25) is 0 Å². The van der Waals surface area contributed by atoms with Crippen molar-refractivity contribution in [2.24, 2.45) is 0 Å². The molecule has 0 atom stereocenters. The molecule has 0 bridgehead atoms. The Balaban J connectivity index is 0.000000167. The maximum atomic E-state index is 2.00. The Labute approximate surface area is 87.3 Å². The molecule has 0 unspecified atom stereocenters. The predicted molar refractivity (Wildman–Crippen MR) is 48.8 cm³/mol. The molecule has 0 amide bonds. The molecular formula is C10H10Mg+2. The zero-order valence-corrected chi connectivity index (χ0v) is 7.89. The standard InChI is InChI=1S/2C5H5.Mg/c2*1-2-4-5-3-1;/h2*1-5H;/q;;+2. The molecule has 11 heavy (non-hydrogen) atoms. The summed E-state index contributed by atoms with van der Waals surface area (Å²) in [5, 5.41) is 0. The van der Waals surface area contributed by atoms with E-state index in [9.17, 15) is 0 Å². The molecule has 0 N–H and O–H groups in total. The second kappa shape index (κ2) is 8.86. The molecule has 0 aromatic carbocycles. The molecule has 0 aliphatic heterocycles. The molecule has 0 spiro atoms. The number of rotatable bonds is 0. The van der Waals surface area contributed by atoms with Crippen LogP contribution in [0.3, 0.4) is 0 Å². The Morgan fingerprint density at radius 2 is 0.364 bits per heavy atom. The third-order valence-corrected chi connectivity index (χ3v) is 1.11. The molecule has 0 nitrogen and oxygen atoms in total. The van der Waals surface area contributed by atoms with Gasteiger partial charge in [0.15, 0.2) is 0 Å². The molecule has 50 valence electrons. The maximum absolute atomic E-state index is 2.00. The summed E-state index contributed by atoms with van der Waals surface area (Å²) in [6.07, 6.45) is 20.0. The van der Waals surface area contributed by atoms with E-state index in [0.29, 0.717) is 0 Å². The summed E-state index contributed by atoms with van der Waals surface area (Å²) < 4.78 is 0. The predicted octanol–water partition coefficient (Wildman–Crippen LogP) is 1.66. The Morgan fingerprint density at radius 3 is 0.455 bits per heavy atom. The van der Waals surface area contributed by atoms with Crippen LogP contribution in [0.25, 0.3) is 0 Å². The van der Waals surface area contributed by atoms with E-state index >= 15 is 0 Å². The van der Waals surface area contributed by atoms with Crippen molar-refractivity contribution in [2.75, 3.05) is 0 Å². The first-order valence-electron chi connectivity index (χ1n) is 3.33. The fraction of sp³-hybridized carbons (Fsp3) is 0. The summed E-state index contributed by atoms with van der Waals surface area (Å²) in [5.41, 5.74) is 0. The van der Waals surface area contributed by atoms with Crippen molar-refractivity contribution >= 4 is 23.1 Å². The smallest absolute Gasteiger partial charge is 0.0312 e. The fourth-order valence-electron chi connectivity index (χ4n) is 0.642. The van der Waals surface area contributed by atoms with Crippen LogP contribution in [0.2, 0.25) is 0 Å². The number of hydrogen-bond acceptors (Lipinski definition) is 0. The van der Waals surface area contributed by atoms with Gasteiger partial charge in [0.25, 0.3) is 0 Å². The van der Waals surface area contributed by atoms with Crippen LogP contribution in [0.1, 0.15) is 0 Å². The van der Waals surface area contributed by atoms with E-state index in [2.05, 4.69) is 0 Å². The summed E-state index contributed by atoms with van der Waals surface area (Å²) in [6.45, 7) is 0. The van der Waals surface area contributed by atoms with Gasteiger partial charge in [-0.15, -0.1) is 0 Å². The quantitative estimate of drug-likeness (QED) is 0.466. The Bertz CT molecular complexity index is 38.1. The largest absolute Gasteiger partial charge is 2.00 e. The van der Waals surface area contributed by atoms with Crippen LogP contribution in [-0.4, -0.2) is 23.1 Å². The third-order valence-electron chi connectivity index (χ3n) is 1.11. The van der Waals surface area contributed by atoms with Crippen LogP contribution in [-0.2, 0) is 0 Å². The van der Waals surface area contributed by atoms with Gasteiger partial charge < -0.3 is 0 Å². The van der Waals surface area contributed by atoms with Crippen LogP contribution in [0.5, 0.6) is 0 Å². The zero-order chi connectivity index (χ0) is 7.07. The summed E-state index contributed by atoms with van der Waals surface area (Å²) in [4.78, 5) is 0. The van der Waals surface area contributed by atoms with Gasteiger partial charge >= 0.3 is 23.1 Å².